The quantitative estimate of drug-likeness (QED) is 0.0664. The van der Waals surface area contributed by atoms with Gasteiger partial charge in [0.15, 0.2) is 0 Å². The maximum absolute atomic E-state index is 12.9. The number of amidine groups is 1. The number of nitrogens with zero attached hydrogens (tertiary/aromatic N) is 2. The first kappa shape index (κ1) is 35.7. The van der Waals surface area contributed by atoms with E-state index in [1.807, 2.05) is 0 Å². The Morgan fingerprint density at radius 1 is 1.03 bits per heavy atom. The van der Waals surface area contributed by atoms with Crippen molar-refractivity contribution < 1.29 is 62.1 Å². The van der Waals surface area contributed by atoms with E-state index < -0.39 is 22.0 Å². The number of rotatable bonds is 22. The van der Waals surface area contributed by atoms with Gasteiger partial charge in [0.2, 0.25) is 5.78 Å². The number of unbranched alkanes of at least 4 members (excludes halogenated alkanes) is 11. The molecule has 0 saturated heterocycles. The fraction of sp³-hybridized carbons (Fsp3) is 0.846. The summed E-state index contributed by atoms with van der Waals surface area (Å²) in [5.74, 6) is -0.532. The van der Waals surface area contributed by atoms with Crippen molar-refractivity contribution in [2.24, 2.45) is 0 Å². The van der Waals surface area contributed by atoms with E-state index in [2.05, 4.69) is 19.1 Å². The fourth-order valence-electron chi connectivity index (χ4n) is 4.53. The van der Waals surface area contributed by atoms with Gasteiger partial charge in [-0.2, -0.15) is 0 Å². The molecule has 0 aliphatic carbocycles. The Balaban J connectivity index is 0.0000122. The smallest absolute Gasteiger partial charge is 0.748 e. The molecular formula is C26H48N2NaO6S+. The Bertz CT molecular complexity index is 758. The van der Waals surface area contributed by atoms with Gasteiger partial charge in [-0.25, -0.2) is 8.42 Å². The predicted octanol–water partition coefficient (Wildman–Crippen LogP) is 0.222. The molecule has 8 nitrogen and oxygen atoms in total. The second kappa shape index (κ2) is 21.6. The van der Waals surface area contributed by atoms with Gasteiger partial charge in [0.25, 0.3) is 0 Å². The molecule has 0 amide bonds. The van der Waals surface area contributed by atoms with Crippen LogP contribution < -0.4 is 29.6 Å². The number of hydrogen-bond acceptors (Lipinski definition) is 7. The molecule has 36 heavy (non-hydrogen) atoms. The average molecular weight is 540 g/mol. The van der Waals surface area contributed by atoms with Crippen molar-refractivity contribution >= 4 is 21.7 Å². The van der Waals surface area contributed by atoms with Crippen LogP contribution in [0.2, 0.25) is 0 Å². The summed E-state index contributed by atoms with van der Waals surface area (Å²) in [6.45, 7) is 3.32. The van der Waals surface area contributed by atoms with Crippen molar-refractivity contribution in [1.82, 2.24) is 4.90 Å². The molecule has 0 fully saturated rings. The van der Waals surface area contributed by atoms with Crippen molar-refractivity contribution in [3.8, 4) is 0 Å². The van der Waals surface area contributed by atoms with E-state index in [0.29, 0.717) is 31.9 Å². The first-order valence-corrected chi connectivity index (χ1v) is 15.1. The van der Waals surface area contributed by atoms with Crippen LogP contribution in [0.15, 0.2) is 12.2 Å². The van der Waals surface area contributed by atoms with Crippen molar-refractivity contribution in [1.29, 1.82) is 0 Å². The number of aliphatic hydroxyl groups is 2. The molecule has 0 aromatic carbocycles. The molecule has 204 valence electrons. The van der Waals surface area contributed by atoms with E-state index in [9.17, 15) is 28.0 Å². The third kappa shape index (κ3) is 17.3. The van der Waals surface area contributed by atoms with E-state index in [4.69, 9.17) is 0 Å². The molecule has 0 aromatic rings. The van der Waals surface area contributed by atoms with Gasteiger partial charge in [-0.15, -0.1) is 0 Å². The van der Waals surface area contributed by atoms with E-state index in [-0.39, 0.29) is 48.5 Å². The number of carbonyl (C=O) groups is 1. The summed E-state index contributed by atoms with van der Waals surface area (Å²) in [5.41, 5.74) is 0. The van der Waals surface area contributed by atoms with Gasteiger partial charge in [-0.1, -0.05) is 70.4 Å². The number of Topliss-reactive ketones (excluding diaryl/α,β-unsaturated/α-hetero) is 1. The first-order chi connectivity index (χ1) is 16.8. The summed E-state index contributed by atoms with van der Waals surface area (Å²) in [4.78, 5) is 14.6. The number of carbonyl (C=O) groups excluding carboxylic acids is 1. The van der Waals surface area contributed by atoms with Crippen LogP contribution in [0.25, 0.3) is 0 Å². The zero-order valence-electron chi connectivity index (χ0n) is 22.7. The third-order valence-corrected chi connectivity index (χ3v) is 7.14. The molecule has 1 aliphatic rings. The standard InChI is InChI=1S/C26H48N2O6S.Na/c1-2-3-4-5-6-7-8-9-10-11-12-13-14-15-16-17-25(31)26-27(20-21-29)18-19-28(26)22-24(30)23-35(32,33)34;/h10-11,24,29-30H,2-9,12-23H2,1H3;/q;+1/b11-10+;. The molecule has 0 bridgehead atoms. The second-order valence-electron chi connectivity index (χ2n) is 9.62. The molecule has 0 saturated carbocycles. The zero-order valence-corrected chi connectivity index (χ0v) is 25.5. The van der Waals surface area contributed by atoms with Crippen LogP contribution in [0.5, 0.6) is 0 Å². The monoisotopic (exact) mass is 539 g/mol. The van der Waals surface area contributed by atoms with E-state index in [1.165, 1.54) is 44.9 Å². The van der Waals surface area contributed by atoms with Crippen LogP contribution >= 0.6 is 0 Å². The molecular weight excluding hydrogens is 491 g/mol. The maximum atomic E-state index is 12.9. The summed E-state index contributed by atoms with van der Waals surface area (Å²) < 4.78 is 34.4. The van der Waals surface area contributed by atoms with Gasteiger partial charge in [0.1, 0.15) is 32.3 Å². The average Bonchev–Trinajstić information content (AvgIpc) is 3.17. The van der Waals surface area contributed by atoms with E-state index in [1.54, 1.807) is 9.48 Å². The third-order valence-electron chi connectivity index (χ3n) is 6.35. The fourth-order valence-corrected chi connectivity index (χ4v) is 5.11. The number of β-amino-alcohol motifs (C(OH)–C–C–N with tert-alkyl or cyclic N) is 2. The van der Waals surface area contributed by atoms with E-state index in [0.717, 1.165) is 38.5 Å². The minimum absolute atomic E-state index is 0. The largest absolute Gasteiger partial charge is 1.00 e. The minimum atomic E-state index is -4.54. The van der Waals surface area contributed by atoms with Gasteiger partial charge >= 0.3 is 35.4 Å². The number of aliphatic hydroxyl groups excluding tert-OH is 2. The van der Waals surface area contributed by atoms with Crippen LogP contribution in [-0.2, 0) is 14.9 Å². The second-order valence-corrected chi connectivity index (χ2v) is 11.1. The van der Waals surface area contributed by atoms with E-state index >= 15 is 0 Å². The molecule has 0 spiro atoms. The molecule has 2 N–H and O–H groups in total. The summed E-state index contributed by atoms with van der Waals surface area (Å²) >= 11 is 0. The molecule has 1 rings (SSSR count). The van der Waals surface area contributed by atoms with Crippen molar-refractivity contribution in [2.75, 3.05) is 38.5 Å². The summed E-state index contributed by atoms with van der Waals surface area (Å²) in [5, 5.41) is 19.3. The topological polar surface area (TPSA) is 121 Å². The van der Waals surface area contributed by atoms with Gasteiger partial charge in [0, 0.05) is 6.42 Å². The summed E-state index contributed by atoms with van der Waals surface area (Å²) in [6, 6.07) is 0. The van der Waals surface area contributed by atoms with Crippen molar-refractivity contribution in [3.05, 3.63) is 12.2 Å². The Hall–Kier alpha value is -0.290. The Morgan fingerprint density at radius 2 is 1.58 bits per heavy atom. The predicted molar refractivity (Wildman–Crippen MR) is 139 cm³/mol. The first-order valence-electron chi connectivity index (χ1n) is 13.6. The van der Waals surface area contributed by atoms with Gasteiger partial charge in [0.05, 0.1) is 22.5 Å². The Labute approximate surface area is 241 Å². The van der Waals surface area contributed by atoms with Gasteiger partial charge < -0.3 is 14.8 Å². The number of ketones is 1. The van der Waals surface area contributed by atoms with Gasteiger partial charge in [-0.3, -0.25) is 14.3 Å². The Kier molecular flexibility index (Phi) is 21.4. The zero-order chi connectivity index (χ0) is 25.9. The summed E-state index contributed by atoms with van der Waals surface area (Å²) in [6.07, 6.45) is 19.1. The van der Waals surface area contributed by atoms with Crippen LogP contribution in [0.4, 0.5) is 0 Å². The Morgan fingerprint density at radius 3 is 2.14 bits per heavy atom. The number of hydrogen-bond donors (Lipinski definition) is 2. The molecule has 0 radical (unpaired) electrons. The van der Waals surface area contributed by atoms with Crippen LogP contribution in [0.3, 0.4) is 0 Å². The molecule has 1 aliphatic heterocycles. The van der Waals surface area contributed by atoms with Crippen molar-refractivity contribution in [3.63, 3.8) is 0 Å². The SMILES string of the molecule is CCCCCCCCC/C=C/CCCCCCC(=O)C1=[N+](CC(O)CS(=O)(=O)[O-])CCN1CCO.[Na+]. The maximum Gasteiger partial charge on any atom is 1.00 e. The summed E-state index contributed by atoms with van der Waals surface area (Å²) in [7, 11) is -4.54. The molecule has 10 heteroatoms. The van der Waals surface area contributed by atoms with Gasteiger partial charge in [-0.05, 0) is 32.1 Å². The molecule has 1 atom stereocenters. The van der Waals surface area contributed by atoms with Crippen molar-refractivity contribution in [2.45, 2.75) is 103 Å². The van der Waals surface area contributed by atoms with Crippen LogP contribution in [-0.4, -0.2) is 88.9 Å². The van der Waals surface area contributed by atoms with Crippen LogP contribution in [0, 0.1) is 0 Å². The number of allylic oxidation sites excluding steroid dienone is 2. The molecule has 0 aromatic heterocycles. The normalized spacial score (nSPS) is 15.1. The minimum Gasteiger partial charge on any atom is -0.748 e. The molecule has 1 heterocycles. The molecule has 1 unspecified atom stereocenters. The van der Waals surface area contributed by atoms with Crippen LogP contribution in [0.1, 0.15) is 96.8 Å².